The van der Waals surface area contributed by atoms with Crippen LogP contribution in [0.5, 0.6) is 0 Å². The van der Waals surface area contributed by atoms with Crippen molar-refractivity contribution in [2.75, 3.05) is 11.5 Å². The maximum atomic E-state index is 13.3. The lowest BCUT2D eigenvalue weighted by Crippen LogP contribution is -2.03. The molecule has 1 unspecified atom stereocenters. The third-order valence-electron chi connectivity index (χ3n) is 2.59. The molecule has 0 bridgehead atoms. The molecule has 1 heterocycles. The van der Waals surface area contributed by atoms with Crippen LogP contribution in [0.15, 0.2) is 18.2 Å². The molecule has 98 valence electrons. The molecule has 0 amide bonds. The summed E-state index contributed by atoms with van der Waals surface area (Å²) < 4.78 is 13.3. The van der Waals surface area contributed by atoms with E-state index in [1.807, 2.05) is 6.07 Å². The van der Waals surface area contributed by atoms with E-state index in [0.717, 1.165) is 34.5 Å². The molecule has 2 rings (SSSR count). The van der Waals surface area contributed by atoms with Crippen LogP contribution in [-0.2, 0) is 6.42 Å². The number of hydrogen-bond acceptors (Lipinski definition) is 2. The normalized spacial score (nSPS) is 13.1. The predicted molar refractivity (Wildman–Crippen MR) is 76.0 cm³/mol. The fraction of sp³-hybridized carbons (Fsp3) is 0.385. The molecule has 18 heavy (non-hydrogen) atoms. The molecule has 0 fully saturated rings. The van der Waals surface area contributed by atoms with Crippen LogP contribution >= 0.6 is 23.4 Å². The molecule has 5 heteroatoms. The van der Waals surface area contributed by atoms with Gasteiger partial charge in [0.25, 0.3) is 0 Å². The Morgan fingerprint density at radius 2 is 2.22 bits per heavy atom. The minimum absolute atomic E-state index is 0.138. The van der Waals surface area contributed by atoms with Crippen molar-refractivity contribution in [3.05, 3.63) is 34.7 Å². The number of fused-ring (bicyclic) bond motifs is 1. The van der Waals surface area contributed by atoms with Crippen LogP contribution in [0.3, 0.4) is 0 Å². The summed E-state index contributed by atoms with van der Waals surface area (Å²) in [7, 11) is 0. The van der Waals surface area contributed by atoms with E-state index in [0.29, 0.717) is 0 Å². The van der Waals surface area contributed by atoms with Crippen LogP contribution in [0, 0.1) is 5.82 Å². The van der Waals surface area contributed by atoms with Gasteiger partial charge in [0.1, 0.15) is 5.82 Å². The van der Waals surface area contributed by atoms with Crippen molar-refractivity contribution in [2.24, 2.45) is 0 Å². The maximum absolute atomic E-state index is 13.3. The molecule has 0 aliphatic heterocycles. The van der Waals surface area contributed by atoms with Crippen molar-refractivity contribution in [3.63, 3.8) is 0 Å². The number of aromatic nitrogens is 1. The fourth-order valence-corrected chi connectivity index (χ4v) is 2.79. The van der Waals surface area contributed by atoms with Gasteiger partial charge in [-0.25, -0.2) is 4.39 Å². The summed E-state index contributed by atoms with van der Waals surface area (Å²) >= 11 is 7.43. The van der Waals surface area contributed by atoms with Crippen molar-refractivity contribution < 1.29 is 9.50 Å². The Hall–Kier alpha value is -0.710. The van der Waals surface area contributed by atoms with E-state index in [1.165, 1.54) is 6.07 Å². The van der Waals surface area contributed by atoms with E-state index in [-0.39, 0.29) is 11.1 Å². The highest BCUT2D eigenvalue weighted by Gasteiger charge is 2.06. The molecular weight excluding hydrogens is 273 g/mol. The number of hydrogen-bond donors (Lipinski definition) is 2. The third-order valence-corrected chi connectivity index (χ3v) is 4.09. The van der Waals surface area contributed by atoms with Gasteiger partial charge in [0.15, 0.2) is 0 Å². The minimum Gasteiger partial charge on any atom is -0.393 e. The van der Waals surface area contributed by atoms with E-state index in [2.05, 4.69) is 4.98 Å². The second kappa shape index (κ2) is 5.95. The largest absolute Gasteiger partial charge is 0.393 e. The zero-order valence-electron chi connectivity index (χ0n) is 10.0. The second-order valence-corrected chi connectivity index (χ2v) is 5.88. The van der Waals surface area contributed by atoms with Crippen molar-refractivity contribution in [1.29, 1.82) is 0 Å². The first-order chi connectivity index (χ1) is 8.56. The number of rotatable bonds is 5. The zero-order chi connectivity index (χ0) is 13.1. The topological polar surface area (TPSA) is 36.0 Å². The molecular formula is C13H15ClFNOS. The van der Waals surface area contributed by atoms with Crippen LogP contribution in [0.25, 0.3) is 10.9 Å². The smallest absolute Gasteiger partial charge is 0.142 e. The van der Waals surface area contributed by atoms with Gasteiger partial charge in [-0.3, -0.25) is 0 Å². The molecule has 0 saturated heterocycles. The standard InChI is InChI=1S/C13H15ClFNOS/c1-8(17)7-18-3-2-10-4-9-5-12(15)11(14)6-13(9)16-10/h4-6,8,16-17H,2-3,7H2,1H3. The molecule has 1 aromatic heterocycles. The molecule has 0 radical (unpaired) electrons. The van der Waals surface area contributed by atoms with Gasteiger partial charge in [-0.05, 0) is 37.3 Å². The summed E-state index contributed by atoms with van der Waals surface area (Å²) in [6.45, 7) is 1.78. The van der Waals surface area contributed by atoms with Gasteiger partial charge in [-0.1, -0.05) is 11.6 Å². The first kappa shape index (κ1) is 13.7. The molecule has 1 atom stereocenters. The van der Waals surface area contributed by atoms with E-state index in [1.54, 1.807) is 24.8 Å². The molecule has 1 aromatic carbocycles. The highest BCUT2D eigenvalue weighted by Crippen LogP contribution is 2.23. The van der Waals surface area contributed by atoms with Crippen molar-refractivity contribution in [3.8, 4) is 0 Å². The van der Waals surface area contributed by atoms with E-state index >= 15 is 0 Å². The average Bonchev–Trinajstić information content (AvgIpc) is 2.67. The monoisotopic (exact) mass is 287 g/mol. The average molecular weight is 288 g/mol. The van der Waals surface area contributed by atoms with Crippen molar-refractivity contribution >= 4 is 34.3 Å². The van der Waals surface area contributed by atoms with Crippen LogP contribution in [0.4, 0.5) is 4.39 Å². The third kappa shape index (κ3) is 3.40. The number of aryl methyl sites for hydroxylation is 1. The number of aliphatic hydroxyl groups excluding tert-OH is 1. The number of H-pyrrole nitrogens is 1. The summed E-state index contributed by atoms with van der Waals surface area (Å²) in [4.78, 5) is 3.22. The fourth-order valence-electron chi connectivity index (χ4n) is 1.76. The quantitative estimate of drug-likeness (QED) is 0.824. The van der Waals surface area contributed by atoms with Crippen LogP contribution in [-0.4, -0.2) is 27.7 Å². The second-order valence-electron chi connectivity index (χ2n) is 4.32. The molecule has 0 aliphatic carbocycles. The van der Waals surface area contributed by atoms with Gasteiger partial charge < -0.3 is 10.1 Å². The summed E-state index contributed by atoms with van der Waals surface area (Å²) in [6.07, 6.45) is 0.594. The molecule has 0 aliphatic rings. The summed E-state index contributed by atoms with van der Waals surface area (Å²) in [5.74, 6) is 1.27. The summed E-state index contributed by atoms with van der Waals surface area (Å²) in [6, 6.07) is 5.00. The highest BCUT2D eigenvalue weighted by molar-refractivity contribution is 7.99. The summed E-state index contributed by atoms with van der Waals surface area (Å²) in [5, 5.41) is 10.1. The number of aliphatic hydroxyl groups is 1. The highest BCUT2D eigenvalue weighted by atomic mass is 35.5. The van der Waals surface area contributed by atoms with Gasteiger partial charge in [-0.2, -0.15) is 11.8 Å². The predicted octanol–water partition coefficient (Wildman–Crippen LogP) is 3.62. The van der Waals surface area contributed by atoms with E-state index in [9.17, 15) is 4.39 Å². The number of nitrogens with one attached hydrogen (secondary N) is 1. The molecule has 0 saturated carbocycles. The van der Waals surface area contributed by atoms with Crippen LogP contribution in [0.1, 0.15) is 12.6 Å². The molecule has 0 spiro atoms. The lowest BCUT2D eigenvalue weighted by molar-refractivity contribution is 0.220. The maximum Gasteiger partial charge on any atom is 0.142 e. The minimum atomic E-state index is -0.391. The van der Waals surface area contributed by atoms with Gasteiger partial charge in [0.2, 0.25) is 0 Å². The molecule has 2 N–H and O–H groups in total. The van der Waals surface area contributed by atoms with E-state index < -0.39 is 5.82 Å². The van der Waals surface area contributed by atoms with Gasteiger partial charge >= 0.3 is 0 Å². The number of benzene rings is 1. The first-order valence-corrected chi connectivity index (χ1v) is 7.32. The number of aromatic amines is 1. The van der Waals surface area contributed by atoms with E-state index in [4.69, 9.17) is 16.7 Å². The van der Waals surface area contributed by atoms with Gasteiger partial charge in [0, 0.05) is 22.3 Å². The van der Waals surface area contributed by atoms with Gasteiger partial charge in [-0.15, -0.1) is 0 Å². The lowest BCUT2D eigenvalue weighted by Gasteiger charge is -2.02. The van der Waals surface area contributed by atoms with Gasteiger partial charge in [0.05, 0.1) is 11.1 Å². The SMILES string of the molecule is CC(O)CSCCc1cc2cc(F)c(Cl)cc2[nH]1. The zero-order valence-corrected chi connectivity index (χ0v) is 11.6. The molecule has 2 aromatic rings. The Morgan fingerprint density at radius 1 is 1.44 bits per heavy atom. The summed E-state index contributed by atoms with van der Waals surface area (Å²) in [5.41, 5.74) is 1.92. The van der Waals surface area contributed by atoms with Crippen LogP contribution in [0.2, 0.25) is 5.02 Å². The van der Waals surface area contributed by atoms with Crippen molar-refractivity contribution in [2.45, 2.75) is 19.4 Å². The Bertz CT molecular complexity index is 502. The molecule has 2 nitrogen and oxygen atoms in total. The van der Waals surface area contributed by atoms with Crippen molar-refractivity contribution in [1.82, 2.24) is 4.98 Å². The first-order valence-electron chi connectivity index (χ1n) is 5.78. The van der Waals surface area contributed by atoms with Crippen LogP contribution < -0.4 is 0 Å². The number of halogens is 2. The Balaban J connectivity index is 2.02. The Morgan fingerprint density at radius 3 is 2.94 bits per heavy atom. The Labute approximate surface area is 115 Å². The lowest BCUT2D eigenvalue weighted by atomic mass is 10.2. The number of thioether (sulfide) groups is 1. The Kier molecular flexibility index (Phi) is 4.54.